The highest BCUT2D eigenvalue weighted by Crippen LogP contribution is 2.25. The normalized spacial score (nSPS) is 13.1. The van der Waals surface area contributed by atoms with Crippen molar-refractivity contribution in [2.45, 2.75) is 39.8 Å². The van der Waals surface area contributed by atoms with Gasteiger partial charge in [0, 0.05) is 18.1 Å². The minimum atomic E-state index is -0.658. The lowest BCUT2D eigenvalue weighted by atomic mass is 10.1. The number of carbonyl (C=O) groups is 1. The van der Waals surface area contributed by atoms with Gasteiger partial charge in [0.1, 0.15) is 17.4 Å². The highest BCUT2D eigenvalue weighted by Gasteiger charge is 2.27. The first kappa shape index (κ1) is 19.3. The van der Waals surface area contributed by atoms with Crippen LogP contribution >= 0.6 is 0 Å². The molecule has 0 saturated carbocycles. The molecule has 3 rings (SSSR count). The zero-order valence-electron chi connectivity index (χ0n) is 16.3. The molecule has 0 aliphatic carbocycles. The first-order valence-electron chi connectivity index (χ1n) is 9.03. The molecule has 0 saturated heterocycles. The van der Waals surface area contributed by atoms with E-state index < -0.39 is 11.0 Å². The highest BCUT2D eigenvalue weighted by molar-refractivity contribution is 5.80. The lowest BCUT2D eigenvalue weighted by Crippen LogP contribution is -2.33. The van der Waals surface area contributed by atoms with E-state index >= 15 is 0 Å². The van der Waals surface area contributed by atoms with Gasteiger partial charge in [0.25, 0.3) is 0 Å². The number of aryl methyl sites for hydroxylation is 1. The van der Waals surface area contributed by atoms with E-state index in [0.717, 1.165) is 11.3 Å². The molecule has 8 heteroatoms. The molecule has 2 atom stereocenters. The Morgan fingerprint density at radius 3 is 2.29 bits per heavy atom. The molecule has 1 aromatic carbocycles. The van der Waals surface area contributed by atoms with E-state index in [1.807, 2.05) is 60.3 Å². The minimum Gasteiger partial charge on any atom is -0.348 e. The Bertz CT molecular complexity index is 990. The highest BCUT2D eigenvalue weighted by atomic mass is 16.6. The molecule has 0 bridgehead atoms. The van der Waals surface area contributed by atoms with Gasteiger partial charge in [-0.1, -0.05) is 12.1 Å². The van der Waals surface area contributed by atoms with Crippen LogP contribution in [0.1, 0.15) is 42.9 Å². The predicted molar refractivity (Wildman–Crippen MR) is 105 cm³/mol. The summed E-state index contributed by atoms with van der Waals surface area (Å²) in [5.74, 6) is -0.248. The van der Waals surface area contributed by atoms with E-state index in [-0.39, 0.29) is 17.6 Å². The predicted octanol–water partition coefficient (Wildman–Crippen LogP) is 3.64. The molecule has 8 nitrogen and oxygen atoms in total. The van der Waals surface area contributed by atoms with Crippen LogP contribution in [0.2, 0.25) is 0 Å². The standard InChI is InChI=1S/C20H23N5O3/c1-13(17-7-9-18(10-8-17)23-11-5-6-12-23)21-20(26)16(4)24-15(3)19(25(27)28)14(2)22-24/h5-13,16H,1-4H3,(H,21,26). The van der Waals surface area contributed by atoms with Crippen LogP contribution in [0.3, 0.4) is 0 Å². The Balaban J connectivity index is 1.72. The maximum atomic E-state index is 12.7. The van der Waals surface area contributed by atoms with Crippen LogP contribution in [0.4, 0.5) is 5.69 Å². The third-order valence-corrected chi connectivity index (χ3v) is 4.87. The van der Waals surface area contributed by atoms with Crippen LogP contribution in [0.5, 0.6) is 0 Å². The topological polar surface area (TPSA) is 95.0 Å². The van der Waals surface area contributed by atoms with Crippen LogP contribution in [-0.2, 0) is 4.79 Å². The summed E-state index contributed by atoms with van der Waals surface area (Å²) in [5, 5.41) is 18.3. The smallest absolute Gasteiger partial charge is 0.312 e. The van der Waals surface area contributed by atoms with Crippen LogP contribution in [0.15, 0.2) is 48.8 Å². The van der Waals surface area contributed by atoms with Crippen LogP contribution < -0.4 is 5.32 Å². The Kier molecular flexibility index (Phi) is 5.30. The maximum absolute atomic E-state index is 12.7. The summed E-state index contributed by atoms with van der Waals surface area (Å²) >= 11 is 0. The summed E-state index contributed by atoms with van der Waals surface area (Å²) in [6.07, 6.45) is 3.94. The van der Waals surface area contributed by atoms with Crippen LogP contribution in [-0.4, -0.2) is 25.2 Å². The van der Waals surface area contributed by atoms with Gasteiger partial charge in [-0.2, -0.15) is 5.10 Å². The van der Waals surface area contributed by atoms with Crippen LogP contribution in [0.25, 0.3) is 5.69 Å². The first-order valence-corrected chi connectivity index (χ1v) is 9.03. The van der Waals surface area contributed by atoms with Crippen molar-refractivity contribution < 1.29 is 9.72 Å². The third kappa shape index (κ3) is 3.66. The number of rotatable bonds is 6. The first-order chi connectivity index (χ1) is 13.3. The lowest BCUT2D eigenvalue weighted by Gasteiger charge is -2.19. The molecule has 2 unspecified atom stereocenters. The van der Waals surface area contributed by atoms with Crippen molar-refractivity contribution in [1.82, 2.24) is 19.7 Å². The van der Waals surface area contributed by atoms with E-state index in [2.05, 4.69) is 10.4 Å². The van der Waals surface area contributed by atoms with Crippen molar-refractivity contribution in [1.29, 1.82) is 0 Å². The quantitative estimate of drug-likeness (QED) is 0.521. The monoisotopic (exact) mass is 381 g/mol. The van der Waals surface area contributed by atoms with Gasteiger partial charge in [-0.25, -0.2) is 0 Å². The van der Waals surface area contributed by atoms with Gasteiger partial charge in [0.05, 0.1) is 11.0 Å². The molecular formula is C20H23N5O3. The van der Waals surface area contributed by atoms with Gasteiger partial charge in [-0.15, -0.1) is 0 Å². The number of benzene rings is 1. The summed E-state index contributed by atoms with van der Waals surface area (Å²) in [7, 11) is 0. The van der Waals surface area contributed by atoms with Gasteiger partial charge in [0.15, 0.2) is 0 Å². The molecule has 0 fully saturated rings. The van der Waals surface area contributed by atoms with Gasteiger partial charge in [-0.3, -0.25) is 19.6 Å². The van der Waals surface area contributed by atoms with Gasteiger partial charge >= 0.3 is 5.69 Å². The summed E-state index contributed by atoms with van der Waals surface area (Å²) in [6.45, 7) is 6.76. The van der Waals surface area contributed by atoms with E-state index in [0.29, 0.717) is 11.4 Å². The molecule has 1 N–H and O–H groups in total. The number of hydrogen-bond donors (Lipinski definition) is 1. The Morgan fingerprint density at radius 2 is 1.75 bits per heavy atom. The number of hydrogen-bond acceptors (Lipinski definition) is 4. The van der Waals surface area contributed by atoms with Gasteiger partial charge < -0.3 is 9.88 Å². The summed E-state index contributed by atoms with van der Waals surface area (Å²) in [6, 6.07) is 11.0. The van der Waals surface area contributed by atoms with Gasteiger partial charge in [-0.05, 0) is 57.5 Å². The summed E-state index contributed by atoms with van der Waals surface area (Å²) in [4.78, 5) is 23.4. The molecule has 146 valence electrons. The van der Waals surface area contributed by atoms with Crippen molar-refractivity contribution in [2.75, 3.05) is 0 Å². The third-order valence-electron chi connectivity index (χ3n) is 4.87. The zero-order valence-corrected chi connectivity index (χ0v) is 16.3. The molecule has 1 amide bonds. The fourth-order valence-electron chi connectivity index (χ4n) is 3.27. The Hall–Kier alpha value is -3.42. The molecule has 3 aromatic rings. The van der Waals surface area contributed by atoms with E-state index in [4.69, 9.17) is 0 Å². The maximum Gasteiger partial charge on any atom is 0.312 e. The Morgan fingerprint density at radius 1 is 1.14 bits per heavy atom. The largest absolute Gasteiger partial charge is 0.348 e. The average Bonchev–Trinajstić information content (AvgIpc) is 3.29. The zero-order chi connectivity index (χ0) is 20.4. The average molecular weight is 381 g/mol. The number of nitrogens with zero attached hydrogens (tertiary/aromatic N) is 4. The number of carbonyl (C=O) groups excluding carboxylic acids is 1. The second-order valence-corrected chi connectivity index (χ2v) is 6.81. The fourth-order valence-corrected chi connectivity index (χ4v) is 3.27. The van der Waals surface area contributed by atoms with E-state index in [1.54, 1.807) is 20.8 Å². The molecule has 28 heavy (non-hydrogen) atoms. The summed E-state index contributed by atoms with van der Waals surface area (Å²) < 4.78 is 3.41. The second-order valence-electron chi connectivity index (χ2n) is 6.81. The molecular weight excluding hydrogens is 358 g/mol. The van der Waals surface area contributed by atoms with Crippen molar-refractivity contribution in [3.05, 3.63) is 75.9 Å². The van der Waals surface area contributed by atoms with Crippen LogP contribution in [0, 0.1) is 24.0 Å². The second kappa shape index (κ2) is 7.67. The SMILES string of the molecule is Cc1nn(C(C)C(=O)NC(C)c2ccc(-n3cccc3)cc2)c(C)c1[N+](=O)[O-]. The van der Waals surface area contributed by atoms with Gasteiger partial charge in [0.2, 0.25) is 5.91 Å². The van der Waals surface area contributed by atoms with E-state index in [1.165, 1.54) is 4.68 Å². The molecule has 2 aromatic heterocycles. The minimum absolute atomic E-state index is 0.0479. The lowest BCUT2D eigenvalue weighted by molar-refractivity contribution is -0.386. The molecule has 0 aliphatic heterocycles. The van der Waals surface area contributed by atoms with E-state index in [9.17, 15) is 14.9 Å². The number of nitro groups is 1. The molecule has 0 spiro atoms. The Labute approximate surface area is 162 Å². The van der Waals surface area contributed by atoms with Crippen molar-refractivity contribution >= 4 is 11.6 Å². The molecule has 2 heterocycles. The number of amides is 1. The summed E-state index contributed by atoms with van der Waals surface area (Å²) in [5.41, 5.74) is 2.63. The fraction of sp³-hybridized carbons (Fsp3) is 0.300. The molecule has 0 aliphatic rings. The molecule has 0 radical (unpaired) electrons. The van der Waals surface area contributed by atoms with Crippen molar-refractivity contribution in [2.24, 2.45) is 0 Å². The number of aromatic nitrogens is 3. The number of nitrogens with one attached hydrogen (secondary N) is 1. The van der Waals surface area contributed by atoms with Crippen molar-refractivity contribution in [3.63, 3.8) is 0 Å². The van der Waals surface area contributed by atoms with Crippen molar-refractivity contribution in [3.8, 4) is 5.69 Å².